The van der Waals surface area contributed by atoms with E-state index in [0.29, 0.717) is 41.2 Å². The van der Waals surface area contributed by atoms with Crippen LogP contribution in [0, 0.1) is 41.1 Å². The van der Waals surface area contributed by atoms with Crippen LogP contribution in [0.15, 0.2) is 79.1 Å². The molecule has 2 aliphatic heterocycles. The van der Waals surface area contributed by atoms with Crippen molar-refractivity contribution in [1.29, 1.82) is 0 Å². The Hall–Kier alpha value is -5.49. The van der Waals surface area contributed by atoms with E-state index in [2.05, 4.69) is 33.6 Å². The van der Waals surface area contributed by atoms with Crippen LogP contribution in [0.25, 0.3) is 0 Å². The van der Waals surface area contributed by atoms with Gasteiger partial charge in [-0.15, -0.1) is 0 Å². The molecule has 2 aromatic heterocycles. The highest BCUT2D eigenvalue weighted by molar-refractivity contribution is 5.96. The second-order valence-electron chi connectivity index (χ2n) is 12.9. The Labute approximate surface area is 284 Å². The van der Waals surface area contributed by atoms with Crippen LogP contribution in [0.3, 0.4) is 0 Å². The molecule has 0 spiro atoms. The number of nitrogens with zero attached hydrogens (tertiary/aromatic N) is 6. The van der Waals surface area contributed by atoms with Crippen LogP contribution in [0.2, 0.25) is 0 Å². The molecule has 2 saturated heterocycles. The second-order valence-corrected chi connectivity index (χ2v) is 12.9. The zero-order valence-electron chi connectivity index (χ0n) is 28.1. The lowest BCUT2D eigenvalue weighted by Gasteiger charge is -2.32. The predicted molar refractivity (Wildman–Crippen MR) is 181 cm³/mol. The van der Waals surface area contributed by atoms with Crippen molar-refractivity contribution in [2.45, 2.75) is 51.6 Å². The van der Waals surface area contributed by atoms with Crippen LogP contribution < -0.4 is 10.0 Å². The average Bonchev–Trinajstić information content (AvgIpc) is 3.39. The summed E-state index contributed by atoms with van der Waals surface area (Å²) in [6, 6.07) is 16.2. The fourth-order valence-electron chi connectivity index (χ4n) is 5.23. The van der Waals surface area contributed by atoms with Gasteiger partial charge in [-0.1, -0.05) is 17.9 Å². The average molecular weight is 665 g/mol. The minimum Gasteiger partial charge on any atom is -0.273 e. The normalized spacial score (nSPS) is 16.8. The molecule has 8 nitrogen and oxygen atoms in total. The van der Waals surface area contributed by atoms with Crippen LogP contribution >= 0.6 is 0 Å². The van der Waals surface area contributed by atoms with Gasteiger partial charge in [-0.25, -0.2) is 43.2 Å². The van der Waals surface area contributed by atoms with Crippen molar-refractivity contribution < 1.29 is 22.8 Å². The van der Waals surface area contributed by atoms with E-state index in [1.807, 2.05) is 57.9 Å². The highest BCUT2D eigenvalue weighted by Crippen LogP contribution is 2.33. The summed E-state index contributed by atoms with van der Waals surface area (Å²) in [5.74, 6) is 9.64. The molecule has 2 fully saturated rings. The van der Waals surface area contributed by atoms with E-state index in [0.717, 1.165) is 18.2 Å². The van der Waals surface area contributed by atoms with E-state index < -0.39 is 11.6 Å². The Morgan fingerprint density at radius 1 is 0.633 bits per heavy atom. The molecule has 6 rings (SSSR count). The monoisotopic (exact) mass is 664 g/mol. The molecule has 2 aliphatic rings. The van der Waals surface area contributed by atoms with E-state index in [9.17, 15) is 22.8 Å². The molecule has 4 aromatic rings. The molecule has 0 radical (unpaired) electrons. The third-order valence-electron chi connectivity index (χ3n) is 8.39. The molecular formula is C38H35F3N6O2. The first-order valence-corrected chi connectivity index (χ1v) is 15.4. The molecule has 4 heterocycles. The van der Waals surface area contributed by atoms with Gasteiger partial charge in [0.15, 0.2) is 0 Å². The molecular weight excluding hydrogens is 629 g/mol. The summed E-state index contributed by atoms with van der Waals surface area (Å²) < 4.78 is 39.8. The third kappa shape index (κ3) is 7.98. The van der Waals surface area contributed by atoms with Crippen molar-refractivity contribution in [1.82, 2.24) is 20.0 Å². The fourth-order valence-corrected chi connectivity index (χ4v) is 5.23. The number of aromatic nitrogens is 2. The number of pyridine rings is 2. The summed E-state index contributed by atoms with van der Waals surface area (Å²) in [4.78, 5) is 32.9. The lowest BCUT2D eigenvalue weighted by molar-refractivity contribution is -0.118. The Morgan fingerprint density at radius 2 is 1.14 bits per heavy atom. The summed E-state index contributed by atoms with van der Waals surface area (Å²) in [6.45, 7) is 8.03. The molecule has 11 heteroatoms. The van der Waals surface area contributed by atoms with Gasteiger partial charge in [0.05, 0.1) is 29.3 Å². The molecule has 2 amide bonds. The minimum absolute atomic E-state index is 0.00466. The zero-order valence-corrected chi connectivity index (χ0v) is 28.1. The van der Waals surface area contributed by atoms with Crippen LogP contribution in [0.5, 0.6) is 0 Å². The zero-order chi connectivity index (χ0) is 35.5. The standard InChI is InChI=1S/C19H17F2N3O.C19H18FN3O/c1-19(2)11-18(25)24(23(19)3)16-8-7-15(22-12-16)6-4-13-10-14(20)5-9-17(13)21;1-19(2)12-18(24)23(22(19)3)17-10-9-16(21-13-17)8-7-14-5-4-6-15(20)11-14/h5,7-10,12H,11H2,1-3H3;4-6,9-11,13H,12H2,1-3H3. The maximum atomic E-state index is 13.6. The van der Waals surface area contributed by atoms with E-state index in [1.165, 1.54) is 12.1 Å². The SMILES string of the molecule is CN1N(c2ccc(C#Cc3cc(F)ccc3F)nc2)C(=O)CC1(C)C.CN1N(c2ccc(C#Cc3cccc(F)c3)nc2)C(=O)CC1(C)C. The molecule has 0 N–H and O–H groups in total. The Bertz CT molecular complexity index is 2010. The van der Waals surface area contributed by atoms with Crippen molar-refractivity contribution in [2.75, 3.05) is 24.1 Å². The molecule has 0 aliphatic carbocycles. The van der Waals surface area contributed by atoms with Gasteiger partial charge in [0.2, 0.25) is 11.8 Å². The molecule has 0 atom stereocenters. The Kier molecular flexibility index (Phi) is 9.90. The molecule has 0 unspecified atom stereocenters. The van der Waals surface area contributed by atoms with Gasteiger partial charge >= 0.3 is 0 Å². The van der Waals surface area contributed by atoms with Crippen molar-refractivity contribution >= 4 is 23.2 Å². The number of rotatable bonds is 2. The number of amides is 2. The van der Waals surface area contributed by atoms with Crippen LogP contribution in [0.1, 0.15) is 63.1 Å². The number of hydrogen-bond donors (Lipinski definition) is 0. The summed E-state index contributed by atoms with van der Waals surface area (Å²) >= 11 is 0. The smallest absolute Gasteiger partial charge is 0.243 e. The highest BCUT2D eigenvalue weighted by Gasteiger charge is 2.43. The number of halogens is 3. The molecule has 2 aromatic carbocycles. The van der Waals surface area contributed by atoms with Crippen LogP contribution in [0.4, 0.5) is 24.5 Å². The van der Waals surface area contributed by atoms with Crippen LogP contribution in [-0.4, -0.2) is 57.0 Å². The maximum Gasteiger partial charge on any atom is 0.243 e. The molecule has 250 valence electrons. The number of hydrogen-bond acceptors (Lipinski definition) is 6. The van der Waals surface area contributed by atoms with Gasteiger partial charge < -0.3 is 0 Å². The van der Waals surface area contributed by atoms with E-state index in [-0.39, 0.29) is 34.3 Å². The number of carbonyl (C=O) groups excluding carboxylic acids is 2. The first kappa shape index (κ1) is 34.8. The lowest BCUT2D eigenvalue weighted by atomic mass is 10.0. The van der Waals surface area contributed by atoms with Gasteiger partial charge in [0.25, 0.3) is 0 Å². The maximum absolute atomic E-state index is 13.6. The van der Waals surface area contributed by atoms with Crippen molar-refractivity contribution in [2.24, 2.45) is 0 Å². The summed E-state index contributed by atoms with van der Waals surface area (Å²) in [5.41, 5.74) is 2.42. The van der Waals surface area contributed by atoms with Gasteiger partial charge in [-0.2, -0.15) is 0 Å². The molecule has 49 heavy (non-hydrogen) atoms. The van der Waals surface area contributed by atoms with Crippen molar-refractivity contribution in [3.8, 4) is 23.7 Å². The van der Waals surface area contributed by atoms with Crippen molar-refractivity contribution in [3.63, 3.8) is 0 Å². The Morgan fingerprint density at radius 3 is 1.59 bits per heavy atom. The highest BCUT2D eigenvalue weighted by atomic mass is 19.1. The fraction of sp³-hybridized carbons (Fsp3) is 0.263. The number of benzene rings is 2. The van der Waals surface area contributed by atoms with Crippen LogP contribution in [-0.2, 0) is 9.59 Å². The summed E-state index contributed by atoms with van der Waals surface area (Å²) in [6.07, 6.45) is 4.06. The number of carbonyl (C=O) groups is 2. The second kappa shape index (κ2) is 13.9. The molecule has 0 saturated carbocycles. The van der Waals surface area contributed by atoms with Gasteiger partial charge in [0.1, 0.15) is 28.8 Å². The minimum atomic E-state index is -0.586. The third-order valence-corrected chi connectivity index (χ3v) is 8.39. The summed E-state index contributed by atoms with van der Waals surface area (Å²) in [5, 5.41) is 7.01. The number of anilines is 2. The van der Waals surface area contributed by atoms with Gasteiger partial charge in [0, 0.05) is 43.6 Å². The quantitative estimate of drug-likeness (QED) is 0.241. The van der Waals surface area contributed by atoms with E-state index >= 15 is 0 Å². The van der Waals surface area contributed by atoms with Gasteiger partial charge in [-0.05, 0) is 100 Å². The van der Waals surface area contributed by atoms with Crippen molar-refractivity contribution in [3.05, 3.63) is 119 Å². The van der Waals surface area contributed by atoms with E-state index in [4.69, 9.17) is 0 Å². The molecule has 0 bridgehead atoms. The Balaban J connectivity index is 0.000000191. The number of hydrazine groups is 2. The van der Waals surface area contributed by atoms with E-state index in [1.54, 1.807) is 52.7 Å². The first-order chi connectivity index (χ1) is 23.1. The summed E-state index contributed by atoms with van der Waals surface area (Å²) in [7, 11) is 3.74. The topological polar surface area (TPSA) is 72.9 Å². The first-order valence-electron chi connectivity index (χ1n) is 15.4. The van der Waals surface area contributed by atoms with Gasteiger partial charge in [-0.3, -0.25) is 9.59 Å². The lowest BCUT2D eigenvalue weighted by Crippen LogP contribution is -2.44. The predicted octanol–water partition coefficient (Wildman–Crippen LogP) is 6.10. The largest absolute Gasteiger partial charge is 0.273 e.